The first-order chi connectivity index (χ1) is 10.4. The van der Waals surface area contributed by atoms with Gasteiger partial charge in [-0.05, 0) is 12.1 Å². The van der Waals surface area contributed by atoms with E-state index >= 15 is 0 Å². The molecule has 0 aliphatic heterocycles. The molecule has 3 rings (SSSR count). The van der Waals surface area contributed by atoms with E-state index in [0.29, 0.717) is 16.4 Å². The lowest BCUT2D eigenvalue weighted by molar-refractivity contribution is -0.0552. The molecule has 0 amide bonds. The Hall–Kier alpha value is -1.86. The number of rotatable bonds is 3. The minimum absolute atomic E-state index is 0.0235. The molecule has 9 heteroatoms. The number of fused-ring (bicyclic) bond motifs is 1. The number of nitrogens with zero attached hydrogens (tertiary/aromatic N) is 4. The number of ether oxygens (including phenoxy) is 1. The van der Waals surface area contributed by atoms with Gasteiger partial charge in [-0.1, -0.05) is 29.3 Å². The summed E-state index contributed by atoms with van der Waals surface area (Å²) in [5.41, 5.74) is 1.77. The maximum absolute atomic E-state index is 12.4. The fraction of sp³-hybridized carbons (Fsp3) is 0.231. The van der Waals surface area contributed by atoms with Crippen LogP contribution in [0.15, 0.2) is 18.2 Å². The molecule has 2 heterocycles. The average molecular weight is 347 g/mol. The van der Waals surface area contributed by atoms with Crippen LogP contribution in [0.25, 0.3) is 22.2 Å². The molecule has 0 spiro atoms. The van der Waals surface area contributed by atoms with E-state index in [9.17, 15) is 8.78 Å². The highest BCUT2D eigenvalue weighted by Crippen LogP contribution is 2.37. The fourth-order valence-electron chi connectivity index (χ4n) is 2.24. The van der Waals surface area contributed by atoms with Crippen LogP contribution in [0, 0.1) is 0 Å². The summed E-state index contributed by atoms with van der Waals surface area (Å²) in [4.78, 5) is 0. The Labute approximate surface area is 134 Å². The van der Waals surface area contributed by atoms with Crippen molar-refractivity contribution in [1.29, 1.82) is 0 Å². The van der Waals surface area contributed by atoms with Gasteiger partial charge in [0.15, 0.2) is 5.15 Å². The second-order valence-electron chi connectivity index (χ2n) is 4.62. The smallest absolute Gasteiger partial charge is 0.388 e. The third-order valence-electron chi connectivity index (χ3n) is 3.22. The molecule has 0 saturated carbocycles. The quantitative estimate of drug-likeness (QED) is 0.722. The predicted molar refractivity (Wildman–Crippen MR) is 79.6 cm³/mol. The van der Waals surface area contributed by atoms with Crippen LogP contribution in [-0.2, 0) is 14.1 Å². The second kappa shape index (κ2) is 5.40. The molecule has 0 N–H and O–H groups in total. The lowest BCUT2D eigenvalue weighted by atomic mass is 10.1. The molecule has 0 bridgehead atoms. The maximum Gasteiger partial charge on any atom is 0.388 e. The molecule has 0 radical (unpaired) electrons. The van der Waals surface area contributed by atoms with Crippen molar-refractivity contribution in [2.45, 2.75) is 6.61 Å². The zero-order valence-electron chi connectivity index (χ0n) is 11.5. The molecule has 3 aromatic rings. The van der Waals surface area contributed by atoms with Gasteiger partial charge in [0.2, 0.25) is 5.88 Å². The molecule has 0 saturated heterocycles. The van der Waals surface area contributed by atoms with E-state index in [2.05, 4.69) is 14.9 Å². The molecular weight excluding hydrogens is 337 g/mol. The maximum atomic E-state index is 12.4. The molecule has 22 heavy (non-hydrogen) atoms. The summed E-state index contributed by atoms with van der Waals surface area (Å²) in [6, 6.07) is 5.31. The number of benzene rings is 1. The van der Waals surface area contributed by atoms with Crippen molar-refractivity contribution in [2.75, 3.05) is 0 Å². The van der Waals surface area contributed by atoms with Gasteiger partial charge >= 0.3 is 6.61 Å². The van der Waals surface area contributed by atoms with Gasteiger partial charge in [0.25, 0.3) is 0 Å². The van der Waals surface area contributed by atoms with E-state index in [1.165, 1.54) is 11.7 Å². The standard InChI is InChI=1S/C13H10Cl2F2N4O/c1-20-8-5-6(3-4-7(8)11(15)19-20)10-9(14)12(21(2)18-10)22-13(16)17/h3-5,13H,1-2H3. The zero-order chi connectivity index (χ0) is 16.0. The van der Waals surface area contributed by atoms with Crippen molar-refractivity contribution in [3.05, 3.63) is 28.4 Å². The molecule has 0 aliphatic carbocycles. The monoisotopic (exact) mass is 346 g/mol. The van der Waals surface area contributed by atoms with Gasteiger partial charge in [-0.15, -0.1) is 0 Å². The number of hydrogen-bond acceptors (Lipinski definition) is 3. The molecule has 0 atom stereocenters. The van der Waals surface area contributed by atoms with Gasteiger partial charge in [0.05, 0.1) is 5.52 Å². The van der Waals surface area contributed by atoms with Crippen molar-refractivity contribution < 1.29 is 13.5 Å². The highest BCUT2D eigenvalue weighted by Gasteiger charge is 2.21. The number of aromatic nitrogens is 4. The van der Waals surface area contributed by atoms with Crippen molar-refractivity contribution >= 4 is 34.1 Å². The lowest BCUT2D eigenvalue weighted by Crippen LogP contribution is -2.06. The first-order valence-electron chi connectivity index (χ1n) is 6.18. The summed E-state index contributed by atoms with van der Waals surface area (Å²) in [7, 11) is 3.23. The summed E-state index contributed by atoms with van der Waals surface area (Å²) < 4.78 is 32.0. The minimum atomic E-state index is -2.97. The van der Waals surface area contributed by atoms with Crippen molar-refractivity contribution in [3.8, 4) is 17.1 Å². The Bertz CT molecular complexity index is 859. The van der Waals surface area contributed by atoms with Crippen molar-refractivity contribution in [2.24, 2.45) is 14.1 Å². The zero-order valence-corrected chi connectivity index (χ0v) is 13.0. The van der Waals surface area contributed by atoms with Gasteiger partial charge in [-0.3, -0.25) is 4.68 Å². The summed E-state index contributed by atoms with van der Waals surface area (Å²) >= 11 is 12.1. The molecule has 1 aromatic carbocycles. The number of alkyl halides is 2. The van der Waals surface area contributed by atoms with Gasteiger partial charge in [0.1, 0.15) is 10.7 Å². The number of hydrogen-bond donors (Lipinski definition) is 0. The average Bonchev–Trinajstić information content (AvgIpc) is 2.89. The Morgan fingerprint density at radius 1 is 1.14 bits per heavy atom. The summed E-state index contributed by atoms with van der Waals surface area (Å²) in [6.07, 6.45) is 0. The Balaban J connectivity index is 2.13. The van der Waals surface area contributed by atoms with E-state index < -0.39 is 6.61 Å². The van der Waals surface area contributed by atoms with Crippen LogP contribution in [0.4, 0.5) is 8.78 Å². The van der Waals surface area contributed by atoms with Crippen molar-refractivity contribution in [1.82, 2.24) is 19.6 Å². The van der Waals surface area contributed by atoms with Gasteiger partial charge < -0.3 is 4.74 Å². The Kier molecular flexibility index (Phi) is 3.70. The van der Waals surface area contributed by atoms with Crippen LogP contribution in [0.2, 0.25) is 10.2 Å². The first kappa shape index (κ1) is 15.1. The van der Waals surface area contributed by atoms with Gasteiger partial charge in [0, 0.05) is 25.0 Å². The topological polar surface area (TPSA) is 44.9 Å². The summed E-state index contributed by atoms with van der Waals surface area (Å²) in [5.74, 6) is -0.185. The van der Waals surface area contributed by atoms with Crippen LogP contribution >= 0.6 is 23.2 Å². The van der Waals surface area contributed by atoms with Crippen molar-refractivity contribution in [3.63, 3.8) is 0 Å². The largest absolute Gasteiger partial charge is 0.416 e. The van der Waals surface area contributed by atoms with Crippen LogP contribution in [0.5, 0.6) is 5.88 Å². The highest BCUT2D eigenvalue weighted by molar-refractivity contribution is 6.35. The second-order valence-corrected chi connectivity index (χ2v) is 5.35. The lowest BCUT2D eigenvalue weighted by Gasteiger charge is -2.03. The van der Waals surface area contributed by atoms with Crippen LogP contribution in [0.1, 0.15) is 0 Å². The molecule has 0 aliphatic rings. The molecule has 5 nitrogen and oxygen atoms in total. The SMILES string of the molecule is Cn1nc(-c2ccc3c(Cl)nn(C)c3c2)c(Cl)c1OC(F)F. The van der Waals surface area contributed by atoms with E-state index in [4.69, 9.17) is 23.2 Å². The third kappa shape index (κ3) is 2.40. The minimum Gasteiger partial charge on any atom is -0.416 e. The van der Waals surface area contributed by atoms with E-state index in [-0.39, 0.29) is 10.9 Å². The molecule has 0 unspecified atom stereocenters. The molecule has 116 valence electrons. The third-order valence-corrected chi connectivity index (χ3v) is 3.84. The molecule has 0 fully saturated rings. The summed E-state index contributed by atoms with van der Waals surface area (Å²) in [6.45, 7) is -2.97. The number of aryl methyl sites for hydroxylation is 2. The predicted octanol–water partition coefficient (Wildman–Crippen LogP) is 3.88. The summed E-state index contributed by atoms with van der Waals surface area (Å²) in [5, 5.41) is 9.44. The normalized spacial score (nSPS) is 11.6. The molecule has 2 aromatic heterocycles. The number of halogens is 4. The first-order valence-corrected chi connectivity index (χ1v) is 6.94. The van der Waals surface area contributed by atoms with E-state index in [1.54, 1.807) is 29.9 Å². The van der Waals surface area contributed by atoms with Crippen LogP contribution in [-0.4, -0.2) is 26.2 Å². The van der Waals surface area contributed by atoms with Crippen LogP contribution < -0.4 is 4.74 Å². The fourth-order valence-corrected chi connectivity index (χ4v) is 2.83. The Morgan fingerprint density at radius 2 is 1.86 bits per heavy atom. The molecular formula is C13H10Cl2F2N4O. The van der Waals surface area contributed by atoms with E-state index in [0.717, 1.165) is 10.9 Å². The highest BCUT2D eigenvalue weighted by atomic mass is 35.5. The van der Waals surface area contributed by atoms with Gasteiger partial charge in [-0.25, -0.2) is 4.68 Å². The van der Waals surface area contributed by atoms with E-state index in [1.807, 2.05) is 0 Å². The Morgan fingerprint density at radius 3 is 2.55 bits per heavy atom. The van der Waals surface area contributed by atoms with Gasteiger partial charge in [-0.2, -0.15) is 19.0 Å². The van der Waals surface area contributed by atoms with Crippen LogP contribution in [0.3, 0.4) is 0 Å².